The zero-order valence-electron chi connectivity index (χ0n) is 11.1. The van der Waals surface area contributed by atoms with Crippen molar-refractivity contribution in [1.82, 2.24) is 14.9 Å². The van der Waals surface area contributed by atoms with E-state index >= 15 is 0 Å². The summed E-state index contributed by atoms with van der Waals surface area (Å²) >= 11 is 0. The molecule has 0 radical (unpaired) electrons. The Morgan fingerprint density at radius 1 is 1.53 bits per heavy atom. The normalized spacial score (nSPS) is 23.3. The Morgan fingerprint density at radius 3 is 2.79 bits per heavy atom. The second-order valence-electron chi connectivity index (χ2n) is 4.70. The fourth-order valence-corrected chi connectivity index (χ4v) is 3.67. The molecule has 2 rings (SSSR count). The second-order valence-corrected chi connectivity index (χ2v) is 6.33. The van der Waals surface area contributed by atoms with Crippen molar-refractivity contribution in [3.63, 3.8) is 0 Å². The van der Waals surface area contributed by atoms with Gasteiger partial charge in [-0.3, -0.25) is 5.10 Å². The molecule has 1 fully saturated rings. The third-order valence-electron chi connectivity index (χ3n) is 3.31. The molecule has 1 aliphatic rings. The Bertz CT molecular complexity index is 534. The van der Waals surface area contributed by atoms with Crippen molar-refractivity contribution < 1.29 is 13.2 Å². The van der Waals surface area contributed by atoms with E-state index in [1.807, 2.05) is 6.92 Å². The Balaban J connectivity index is 2.03. The number of sulfonamides is 1. The number of hydrogen-bond acceptors (Lipinski definition) is 5. The third kappa shape index (κ3) is 2.97. The monoisotopic (exact) mass is 288 g/mol. The number of aromatic nitrogens is 2. The average Bonchev–Trinajstić information content (AvgIpc) is 2.68. The van der Waals surface area contributed by atoms with Gasteiger partial charge in [0.05, 0.1) is 6.10 Å². The van der Waals surface area contributed by atoms with Gasteiger partial charge in [0.15, 0.2) is 5.03 Å². The van der Waals surface area contributed by atoms with Gasteiger partial charge in [0, 0.05) is 30.5 Å². The van der Waals surface area contributed by atoms with Crippen LogP contribution in [0.2, 0.25) is 0 Å². The summed E-state index contributed by atoms with van der Waals surface area (Å²) in [6, 6.07) is -0.0795. The molecule has 0 bridgehead atoms. The van der Waals surface area contributed by atoms with Crippen molar-refractivity contribution in [2.75, 3.05) is 6.61 Å². The molecule has 1 saturated carbocycles. The van der Waals surface area contributed by atoms with Crippen LogP contribution in [0.25, 0.3) is 0 Å². The molecule has 8 heteroatoms. The summed E-state index contributed by atoms with van der Waals surface area (Å²) < 4.78 is 32.4. The fourth-order valence-electron chi connectivity index (χ4n) is 2.20. The molecule has 19 heavy (non-hydrogen) atoms. The number of rotatable bonds is 6. The number of nitrogens with one attached hydrogen (secondary N) is 2. The molecule has 1 aromatic heterocycles. The standard InChI is InChI=1S/C11H20N4O3S/c1-3-18-9-4-8(5-9)15-19(16,17)11-10(6-12)7(2)13-14-11/h8-9,15H,3-6,12H2,1-2H3,(H,13,14). The first-order chi connectivity index (χ1) is 8.97. The molecule has 4 N–H and O–H groups in total. The molecule has 0 amide bonds. The number of aromatic amines is 1. The highest BCUT2D eigenvalue weighted by Crippen LogP contribution is 2.25. The van der Waals surface area contributed by atoms with Crippen LogP contribution in [0.15, 0.2) is 5.03 Å². The molecule has 108 valence electrons. The molecular weight excluding hydrogens is 268 g/mol. The van der Waals surface area contributed by atoms with Crippen LogP contribution in [0, 0.1) is 6.92 Å². The van der Waals surface area contributed by atoms with Crippen LogP contribution < -0.4 is 10.5 Å². The van der Waals surface area contributed by atoms with E-state index in [0.717, 1.165) is 0 Å². The number of nitrogens with zero attached hydrogens (tertiary/aromatic N) is 1. The van der Waals surface area contributed by atoms with Gasteiger partial charge in [-0.15, -0.1) is 0 Å². The fraction of sp³-hybridized carbons (Fsp3) is 0.727. The highest BCUT2D eigenvalue weighted by molar-refractivity contribution is 7.89. The Morgan fingerprint density at radius 2 is 2.21 bits per heavy atom. The van der Waals surface area contributed by atoms with Crippen molar-refractivity contribution in [3.05, 3.63) is 11.3 Å². The summed E-state index contributed by atoms with van der Waals surface area (Å²) in [4.78, 5) is 0. The molecule has 0 aliphatic heterocycles. The van der Waals surface area contributed by atoms with Gasteiger partial charge < -0.3 is 10.5 Å². The lowest BCUT2D eigenvalue weighted by molar-refractivity contribution is -0.00477. The van der Waals surface area contributed by atoms with Gasteiger partial charge in [0.2, 0.25) is 0 Å². The average molecular weight is 288 g/mol. The molecule has 7 nitrogen and oxygen atoms in total. The van der Waals surface area contributed by atoms with Crippen molar-refractivity contribution in [2.45, 2.75) is 50.4 Å². The number of ether oxygens (including phenoxy) is 1. The van der Waals surface area contributed by atoms with Crippen LogP contribution in [0.4, 0.5) is 0 Å². The van der Waals surface area contributed by atoms with E-state index in [2.05, 4.69) is 14.9 Å². The van der Waals surface area contributed by atoms with Gasteiger partial charge in [0.25, 0.3) is 10.0 Å². The Kier molecular flexibility index (Phi) is 4.24. The predicted molar refractivity (Wildman–Crippen MR) is 70.0 cm³/mol. The van der Waals surface area contributed by atoms with Gasteiger partial charge in [-0.25, -0.2) is 13.1 Å². The maximum absolute atomic E-state index is 12.2. The highest BCUT2D eigenvalue weighted by atomic mass is 32.2. The first-order valence-corrected chi connectivity index (χ1v) is 7.84. The molecule has 0 atom stereocenters. The van der Waals surface area contributed by atoms with Crippen LogP contribution in [0.5, 0.6) is 0 Å². The molecule has 1 heterocycles. The molecule has 0 aromatic carbocycles. The number of nitrogens with two attached hydrogens (primary N) is 1. The lowest BCUT2D eigenvalue weighted by Gasteiger charge is -2.34. The van der Waals surface area contributed by atoms with Crippen molar-refractivity contribution in [1.29, 1.82) is 0 Å². The molecular formula is C11H20N4O3S. The zero-order chi connectivity index (χ0) is 14.0. The Labute approximate surface area is 113 Å². The van der Waals surface area contributed by atoms with E-state index in [0.29, 0.717) is 30.7 Å². The van der Waals surface area contributed by atoms with E-state index in [4.69, 9.17) is 10.5 Å². The molecule has 0 spiro atoms. The van der Waals surface area contributed by atoms with Crippen LogP contribution in [-0.4, -0.2) is 37.4 Å². The highest BCUT2D eigenvalue weighted by Gasteiger charge is 2.34. The summed E-state index contributed by atoms with van der Waals surface area (Å²) in [5.74, 6) is 0. The summed E-state index contributed by atoms with van der Waals surface area (Å²) in [6.45, 7) is 4.48. The van der Waals surface area contributed by atoms with Gasteiger partial charge in [-0.1, -0.05) is 0 Å². The lowest BCUT2D eigenvalue weighted by Crippen LogP contribution is -2.47. The van der Waals surface area contributed by atoms with Gasteiger partial charge in [0.1, 0.15) is 0 Å². The van der Waals surface area contributed by atoms with Gasteiger partial charge in [-0.05, 0) is 26.7 Å². The first-order valence-electron chi connectivity index (χ1n) is 6.35. The van der Waals surface area contributed by atoms with Gasteiger partial charge in [-0.2, -0.15) is 5.10 Å². The minimum atomic E-state index is -3.61. The van der Waals surface area contributed by atoms with Crippen LogP contribution in [0.1, 0.15) is 31.0 Å². The quantitative estimate of drug-likeness (QED) is 0.683. The number of H-pyrrole nitrogens is 1. The topological polar surface area (TPSA) is 110 Å². The smallest absolute Gasteiger partial charge is 0.260 e. The Hall–Kier alpha value is -0.960. The van der Waals surface area contributed by atoms with Crippen molar-refractivity contribution in [2.24, 2.45) is 5.73 Å². The first kappa shape index (κ1) is 14.4. The summed E-state index contributed by atoms with van der Waals surface area (Å²) in [5.41, 5.74) is 6.78. The van der Waals surface area contributed by atoms with E-state index in [9.17, 15) is 8.42 Å². The third-order valence-corrected chi connectivity index (χ3v) is 4.80. The van der Waals surface area contributed by atoms with E-state index in [-0.39, 0.29) is 23.7 Å². The maximum atomic E-state index is 12.2. The summed E-state index contributed by atoms with van der Waals surface area (Å²) in [5, 5.41) is 6.50. The zero-order valence-corrected chi connectivity index (χ0v) is 12.0. The SMILES string of the molecule is CCOC1CC(NS(=O)(=O)c2n[nH]c(C)c2CN)C1. The number of aryl methyl sites for hydroxylation is 1. The van der Waals surface area contributed by atoms with Crippen LogP contribution >= 0.6 is 0 Å². The number of hydrogen-bond donors (Lipinski definition) is 3. The second kappa shape index (κ2) is 5.58. The van der Waals surface area contributed by atoms with Gasteiger partial charge >= 0.3 is 0 Å². The largest absolute Gasteiger partial charge is 0.378 e. The lowest BCUT2D eigenvalue weighted by atomic mass is 9.90. The van der Waals surface area contributed by atoms with E-state index < -0.39 is 10.0 Å². The summed E-state index contributed by atoms with van der Waals surface area (Å²) in [6.07, 6.45) is 1.57. The van der Waals surface area contributed by atoms with Crippen LogP contribution in [0.3, 0.4) is 0 Å². The van der Waals surface area contributed by atoms with Crippen molar-refractivity contribution >= 4 is 10.0 Å². The minimum absolute atomic E-state index is 0.00681. The minimum Gasteiger partial charge on any atom is -0.378 e. The molecule has 1 aliphatic carbocycles. The maximum Gasteiger partial charge on any atom is 0.260 e. The van der Waals surface area contributed by atoms with E-state index in [1.165, 1.54) is 0 Å². The molecule has 0 unspecified atom stereocenters. The predicted octanol–water partition coefficient (Wildman–Crippen LogP) is 0.0226. The van der Waals surface area contributed by atoms with Crippen molar-refractivity contribution in [3.8, 4) is 0 Å². The molecule has 0 saturated heterocycles. The summed E-state index contributed by atoms with van der Waals surface area (Å²) in [7, 11) is -3.61. The molecule has 1 aromatic rings. The van der Waals surface area contributed by atoms with E-state index in [1.54, 1.807) is 6.92 Å². The van der Waals surface area contributed by atoms with Crippen LogP contribution in [-0.2, 0) is 21.3 Å².